The van der Waals surface area contributed by atoms with Gasteiger partial charge in [0.2, 0.25) is 0 Å². The highest BCUT2D eigenvalue weighted by Crippen LogP contribution is 2.30. The maximum Gasteiger partial charge on any atom is 0.142 e. The Kier molecular flexibility index (Phi) is 3.41. The van der Waals surface area contributed by atoms with E-state index in [4.69, 9.17) is 4.74 Å². The lowest BCUT2D eigenvalue weighted by Crippen LogP contribution is -2.30. The first-order valence-corrected chi connectivity index (χ1v) is 7.12. The third kappa shape index (κ3) is 2.78. The summed E-state index contributed by atoms with van der Waals surface area (Å²) >= 11 is 0. The van der Waals surface area contributed by atoms with E-state index >= 15 is 0 Å². The fourth-order valence-electron chi connectivity index (χ4n) is 2.35. The topological polar surface area (TPSA) is 33.3 Å². The van der Waals surface area contributed by atoms with E-state index in [0.29, 0.717) is 6.10 Å². The molecule has 0 saturated heterocycles. The van der Waals surface area contributed by atoms with Crippen molar-refractivity contribution < 1.29 is 4.74 Å². The van der Waals surface area contributed by atoms with Crippen LogP contribution in [0.3, 0.4) is 0 Å². The zero-order valence-electron chi connectivity index (χ0n) is 11.0. The minimum atomic E-state index is 0.319. The van der Waals surface area contributed by atoms with E-state index in [1.165, 1.54) is 18.4 Å². The fraction of sp³-hybridized carbons (Fsp3) is 0.600. The molecule has 1 fully saturated rings. The van der Waals surface area contributed by atoms with Gasteiger partial charge in [0.15, 0.2) is 0 Å². The van der Waals surface area contributed by atoms with Gasteiger partial charge in [-0.2, -0.15) is 0 Å². The molecule has 1 aromatic rings. The van der Waals surface area contributed by atoms with E-state index in [1.807, 2.05) is 0 Å². The lowest BCUT2D eigenvalue weighted by molar-refractivity contribution is 0.202. The molecule has 1 heterocycles. The van der Waals surface area contributed by atoms with Crippen LogP contribution in [0.4, 0.5) is 5.69 Å². The van der Waals surface area contributed by atoms with Crippen LogP contribution in [0.5, 0.6) is 5.75 Å². The second-order valence-corrected chi connectivity index (χ2v) is 5.34. The smallest absolute Gasteiger partial charge is 0.142 e. The molecular formula is C15H22N2O. The highest BCUT2D eigenvalue weighted by molar-refractivity contribution is 5.59. The fourth-order valence-corrected chi connectivity index (χ4v) is 2.35. The second-order valence-electron chi connectivity index (χ2n) is 5.34. The van der Waals surface area contributed by atoms with Crippen LogP contribution >= 0.6 is 0 Å². The monoisotopic (exact) mass is 246 g/mol. The van der Waals surface area contributed by atoms with Crippen molar-refractivity contribution in [2.45, 2.75) is 44.8 Å². The molecule has 3 heteroatoms. The van der Waals surface area contributed by atoms with Crippen LogP contribution in [0.15, 0.2) is 18.2 Å². The van der Waals surface area contributed by atoms with E-state index in [-0.39, 0.29) is 0 Å². The second kappa shape index (κ2) is 5.19. The molecule has 1 aliphatic carbocycles. The van der Waals surface area contributed by atoms with Crippen molar-refractivity contribution in [2.75, 3.05) is 18.4 Å². The predicted molar refractivity (Wildman–Crippen MR) is 74.4 cm³/mol. The minimum Gasteiger partial charge on any atom is -0.486 e. The number of ether oxygens (including phenoxy) is 1. The van der Waals surface area contributed by atoms with Crippen LogP contribution in [0.2, 0.25) is 0 Å². The van der Waals surface area contributed by atoms with Crippen LogP contribution in [-0.4, -0.2) is 25.2 Å². The van der Waals surface area contributed by atoms with Crippen LogP contribution in [0.25, 0.3) is 0 Å². The maximum absolute atomic E-state index is 5.91. The average Bonchev–Trinajstić information content (AvgIpc) is 3.22. The summed E-state index contributed by atoms with van der Waals surface area (Å²) in [6.07, 6.45) is 5.19. The number of benzene rings is 1. The number of fused-ring (bicyclic) bond motifs is 1. The Hall–Kier alpha value is -1.22. The molecule has 1 unspecified atom stereocenters. The summed E-state index contributed by atoms with van der Waals surface area (Å²) in [5.41, 5.74) is 2.54. The molecule has 1 saturated carbocycles. The van der Waals surface area contributed by atoms with Crippen molar-refractivity contribution in [3.05, 3.63) is 23.8 Å². The first kappa shape index (κ1) is 11.8. The van der Waals surface area contributed by atoms with Crippen molar-refractivity contribution in [3.8, 4) is 5.75 Å². The molecule has 3 rings (SSSR count). The van der Waals surface area contributed by atoms with E-state index in [2.05, 4.69) is 35.8 Å². The first-order chi connectivity index (χ1) is 8.85. The molecule has 2 aliphatic rings. The van der Waals surface area contributed by atoms with E-state index < -0.39 is 0 Å². The maximum atomic E-state index is 5.91. The van der Waals surface area contributed by atoms with Crippen molar-refractivity contribution in [1.29, 1.82) is 0 Å². The van der Waals surface area contributed by atoms with Gasteiger partial charge in [0.05, 0.1) is 12.2 Å². The van der Waals surface area contributed by atoms with E-state index in [1.54, 1.807) is 0 Å². The Bertz CT molecular complexity index is 415. The van der Waals surface area contributed by atoms with Gasteiger partial charge in [-0.05, 0) is 49.9 Å². The summed E-state index contributed by atoms with van der Waals surface area (Å²) in [4.78, 5) is 0. The standard InChI is InChI=1S/C15H22N2O/c1-2-13-10-17-14-9-11(3-6-15(14)18-13)7-8-16-12-4-5-12/h3,6,9,12-13,16-17H,2,4-5,7-8,10H2,1H3. The van der Waals surface area contributed by atoms with Gasteiger partial charge in [-0.3, -0.25) is 0 Å². The molecule has 3 nitrogen and oxygen atoms in total. The average molecular weight is 246 g/mol. The summed E-state index contributed by atoms with van der Waals surface area (Å²) in [5, 5.41) is 7.02. The van der Waals surface area contributed by atoms with E-state index in [0.717, 1.165) is 43.4 Å². The highest BCUT2D eigenvalue weighted by Gasteiger charge is 2.20. The molecule has 0 aromatic heterocycles. The molecule has 0 amide bonds. The zero-order valence-corrected chi connectivity index (χ0v) is 11.0. The van der Waals surface area contributed by atoms with Gasteiger partial charge in [-0.25, -0.2) is 0 Å². The Morgan fingerprint density at radius 1 is 1.39 bits per heavy atom. The van der Waals surface area contributed by atoms with Gasteiger partial charge in [0, 0.05) is 6.04 Å². The third-order valence-electron chi connectivity index (χ3n) is 3.74. The highest BCUT2D eigenvalue weighted by atomic mass is 16.5. The molecule has 98 valence electrons. The van der Waals surface area contributed by atoms with Crippen molar-refractivity contribution >= 4 is 5.69 Å². The summed E-state index contributed by atoms with van der Waals surface area (Å²) in [7, 11) is 0. The molecule has 0 bridgehead atoms. The first-order valence-electron chi connectivity index (χ1n) is 7.12. The quantitative estimate of drug-likeness (QED) is 0.837. The summed E-state index contributed by atoms with van der Waals surface area (Å²) in [5.74, 6) is 1.01. The SMILES string of the molecule is CCC1CNc2cc(CCNC3CC3)ccc2O1. The minimum absolute atomic E-state index is 0.319. The Morgan fingerprint density at radius 2 is 2.28 bits per heavy atom. The number of hydrogen-bond donors (Lipinski definition) is 2. The molecule has 0 spiro atoms. The normalized spacial score (nSPS) is 21.9. The summed E-state index contributed by atoms with van der Waals surface area (Å²) < 4.78 is 5.91. The van der Waals surface area contributed by atoms with Crippen LogP contribution in [0.1, 0.15) is 31.7 Å². The number of rotatable bonds is 5. The van der Waals surface area contributed by atoms with Crippen molar-refractivity contribution in [3.63, 3.8) is 0 Å². The molecule has 0 radical (unpaired) electrons. The van der Waals surface area contributed by atoms with Gasteiger partial charge in [-0.15, -0.1) is 0 Å². The molecule has 1 atom stereocenters. The van der Waals surface area contributed by atoms with Crippen molar-refractivity contribution in [1.82, 2.24) is 5.32 Å². The van der Waals surface area contributed by atoms with Gasteiger partial charge < -0.3 is 15.4 Å². The van der Waals surface area contributed by atoms with Gasteiger partial charge in [-0.1, -0.05) is 13.0 Å². The van der Waals surface area contributed by atoms with Crippen LogP contribution in [-0.2, 0) is 6.42 Å². The molecule has 1 aliphatic heterocycles. The number of hydrogen-bond acceptors (Lipinski definition) is 3. The summed E-state index contributed by atoms with van der Waals surface area (Å²) in [6.45, 7) is 4.17. The Balaban J connectivity index is 1.59. The summed E-state index contributed by atoms with van der Waals surface area (Å²) in [6, 6.07) is 7.33. The molecule has 1 aromatic carbocycles. The molecule has 18 heavy (non-hydrogen) atoms. The third-order valence-corrected chi connectivity index (χ3v) is 3.74. The molecule has 2 N–H and O–H groups in total. The van der Waals surface area contributed by atoms with Crippen molar-refractivity contribution in [2.24, 2.45) is 0 Å². The number of anilines is 1. The van der Waals surface area contributed by atoms with Gasteiger partial charge in [0.1, 0.15) is 11.9 Å². The Morgan fingerprint density at radius 3 is 3.06 bits per heavy atom. The lowest BCUT2D eigenvalue weighted by Gasteiger charge is -2.27. The van der Waals surface area contributed by atoms with Crippen LogP contribution < -0.4 is 15.4 Å². The Labute approximate surface area is 109 Å². The van der Waals surface area contributed by atoms with E-state index in [9.17, 15) is 0 Å². The van der Waals surface area contributed by atoms with Gasteiger partial charge in [0.25, 0.3) is 0 Å². The van der Waals surface area contributed by atoms with Crippen LogP contribution in [0, 0.1) is 0 Å². The number of nitrogens with one attached hydrogen (secondary N) is 2. The largest absolute Gasteiger partial charge is 0.486 e. The van der Waals surface area contributed by atoms with Gasteiger partial charge >= 0.3 is 0 Å². The molecular weight excluding hydrogens is 224 g/mol. The zero-order chi connectivity index (χ0) is 12.4. The lowest BCUT2D eigenvalue weighted by atomic mass is 10.1. The predicted octanol–water partition coefficient (Wildman–Crippen LogP) is 2.56.